The highest BCUT2D eigenvalue weighted by atomic mass is 19.1. The van der Waals surface area contributed by atoms with Gasteiger partial charge in [0.1, 0.15) is 5.82 Å². The van der Waals surface area contributed by atoms with E-state index in [9.17, 15) is 9.18 Å². The first-order valence-electron chi connectivity index (χ1n) is 7.25. The van der Waals surface area contributed by atoms with Crippen molar-refractivity contribution in [3.63, 3.8) is 0 Å². The maximum Gasteiger partial charge on any atom is 0.232 e. The number of rotatable bonds is 6. The molecular weight excluding hydrogens is 299 g/mol. The van der Waals surface area contributed by atoms with E-state index >= 15 is 0 Å². The number of nitrogens with one attached hydrogen (secondary N) is 1. The monoisotopic (exact) mass is 318 g/mol. The summed E-state index contributed by atoms with van der Waals surface area (Å²) in [6.45, 7) is 1.72. The Bertz CT molecular complexity index is 691. The van der Waals surface area contributed by atoms with Crippen LogP contribution in [0.5, 0.6) is 5.75 Å². The fourth-order valence-electron chi connectivity index (χ4n) is 2.17. The maximum absolute atomic E-state index is 13.7. The average molecular weight is 318 g/mol. The van der Waals surface area contributed by atoms with Crippen LogP contribution in [-0.4, -0.2) is 29.7 Å². The molecule has 0 aliphatic rings. The fraction of sp³-hybridized carbons (Fsp3) is 0.294. The lowest BCUT2D eigenvalue weighted by molar-refractivity contribution is -0.117. The van der Waals surface area contributed by atoms with E-state index in [1.807, 2.05) is 0 Å². The molecule has 5 nitrogen and oxygen atoms in total. The molecule has 2 rings (SSSR count). The summed E-state index contributed by atoms with van der Waals surface area (Å²) in [5.41, 5.74) is 1.42. The largest absolute Gasteiger partial charge is 0.494 e. The molecule has 0 saturated carbocycles. The van der Waals surface area contributed by atoms with E-state index in [1.54, 1.807) is 31.3 Å². The van der Waals surface area contributed by atoms with Crippen molar-refractivity contribution in [1.82, 2.24) is 4.98 Å². The molecule has 122 valence electrons. The average Bonchev–Trinajstić information content (AvgIpc) is 2.54. The van der Waals surface area contributed by atoms with Crippen LogP contribution in [0.15, 0.2) is 36.5 Å². The highest BCUT2D eigenvalue weighted by Crippen LogP contribution is 2.24. The number of aliphatic hydroxyl groups excluding tert-OH is 1. The Balaban J connectivity index is 2.10. The summed E-state index contributed by atoms with van der Waals surface area (Å²) in [6.07, 6.45) is 2.06. The van der Waals surface area contributed by atoms with Crippen molar-refractivity contribution in [1.29, 1.82) is 0 Å². The first-order valence-corrected chi connectivity index (χ1v) is 7.25. The summed E-state index contributed by atoms with van der Waals surface area (Å²) >= 11 is 0. The van der Waals surface area contributed by atoms with Crippen molar-refractivity contribution >= 4 is 11.7 Å². The molecule has 0 spiro atoms. The van der Waals surface area contributed by atoms with Gasteiger partial charge in [0.2, 0.25) is 5.91 Å². The van der Waals surface area contributed by atoms with Gasteiger partial charge in [-0.3, -0.25) is 4.79 Å². The van der Waals surface area contributed by atoms with Gasteiger partial charge in [0.25, 0.3) is 0 Å². The van der Waals surface area contributed by atoms with Gasteiger partial charge in [0.05, 0.1) is 13.0 Å². The predicted molar refractivity (Wildman–Crippen MR) is 85.0 cm³/mol. The second kappa shape index (κ2) is 7.69. The Kier molecular flexibility index (Phi) is 5.65. The summed E-state index contributed by atoms with van der Waals surface area (Å²) in [6, 6.07) is 7.92. The van der Waals surface area contributed by atoms with Crippen molar-refractivity contribution in [2.45, 2.75) is 19.3 Å². The lowest BCUT2D eigenvalue weighted by Gasteiger charge is -2.13. The summed E-state index contributed by atoms with van der Waals surface area (Å²) in [5.74, 6) is -0.795. The van der Waals surface area contributed by atoms with Crippen LogP contribution in [0, 0.1) is 5.82 Å². The molecule has 6 heteroatoms. The van der Waals surface area contributed by atoms with E-state index < -0.39 is 11.7 Å². The highest BCUT2D eigenvalue weighted by Gasteiger charge is 2.17. The van der Waals surface area contributed by atoms with E-state index in [1.165, 1.54) is 19.2 Å². The van der Waals surface area contributed by atoms with Gasteiger partial charge < -0.3 is 15.2 Å². The highest BCUT2D eigenvalue weighted by molar-refractivity contribution is 5.94. The van der Waals surface area contributed by atoms with Crippen LogP contribution in [0.25, 0.3) is 0 Å². The van der Waals surface area contributed by atoms with Crippen molar-refractivity contribution < 1.29 is 19.0 Å². The lowest BCUT2D eigenvalue weighted by Crippen LogP contribution is -2.19. The van der Waals surface area contributed by atoms with Gasteiger partial charge in [-0.15, -0.1) is 0 Å². The van der Waals surface area contributed by atoms with Gasteiger partial charge in [0, 0.05) is 12.8 Å². The number of benzene rings is 1. The molecule has 23 heavy (non-hydrogen) atoms. The molecule has 0 aliphatic heterocycles. The van der Waals surface area contributed by atoms with E-state index in [2.05, 4.69) is 10.3 Å². The van der Waals surface area contributed by atoms with E-state index in [0.717, 1.165) is 5.56 Å². The summed E-state index contributed by atoms with van der Waals surface area (Å²) in [4.78, 5) is 16.4. The molecule has 1 aromatic carbocycles. The standard InChI is InChI=1S/C17H19FN2O3/c1-11(13-3-4-15(23-2)14(18)10-13)17(22)20-16-9-12(6-8-21)5-7-19-16/h3-5,7,9-11,21H,6,8H2,1-2H3,(H,19,20,22). The first-order chi connectivity index (χ1) is 11.0. The SMILES string of the molecule is COc1ccc(C(C)C(=O)Nc2cc(CCO)ccn2)cc1F. The number of aliphatic hydroxyl groups is 1. The molecule has 2 N–H and O–H groups in total. The van der Waals surface area contributed by atoms with Gasteiger partial charge in [0.15, 0.2) is 11.6 Å². The number of halogens is 1. The Morgan fingerprint density at radius 2 is 2.17 bits per heavy atom. The number of anilines is 1. The number of hydrogen-bond acceptors (Lipinski definition) is 4. The molecule has 0 radical (unpaired) electrons. The number of ether oxygens (including phenoxy) is 1. The van der Waals surface area contributed by atoms with Crippen molar-refractivity contribution in [3.05, 3.63) is 53.5 Å². The predicted octanol–water partition coefficient (Wildman–Crippen LogP) is 2.51. The van der Waals surface area contributed by atoms with Crippen molar-refractivity contribution in [3.8, 4) is 5.75 Å². The molecule has 0 aliphatic carbocycles. The number of aromatic nitrogens is 1. The summed E-state index contributed by atoms with van der Waals surface area (Å²) in [7, 11) is 1.39. The van der Waals surface area contributed by atoms with Gasteiger partial charge in [-0.2, -0.15) is 0 Å². The summed E-state index contributed by atoms with van der Waals surface area (Å²) in [5, 5.41) is 11.6. The van der Waals surface area contributed by atoms with Crippen LogP contribution in [0.1, 0.15) is 24.0 Å². The molecule has 1 amide bonds. The number of nitrogens with zero attached hydrogens (tertiary/aromatic N) is 1. The number of methoxy groups -OCH3 is 1. The smallest absolute Gasteiger partial charge is 0.232 e. The minimum Gasteiger partial charge on any atom is -0.494 e. The van der Waals surface area contributed by atoms with E-state index in [4.69, 9.17) is 9.84 Å². The number of hydrogen-bond donors (Lipinski definition) is 2. The molecule has 1 heterocycles. The molecule has 1 atom stereocenters. The minimum atomic E-state index is -0.543. The van der Waals surface area contributed by atoms with Gasteiger partial charge in [-0.25, -0.2) is 9.37 Å². The zero-order valence-corrected chi connectivity index (χ0v) is 13.0. The summed E-state index contributed by atoms with van der Waals surface area (Å²) < 4.78 is 18.6. The molecule has 0 saturated heterocycles. The second-order valence-corrected chi connectivity index (χ2v) is 5.13. The first kappa shape index (κ1) is 16.9. The third-order valence-electron chi connectivity index (χ3n) is 3.55. The molecule has 1 aromatic heterocycles. The number of carbonyl (C=O) groups is 1. The zero-order chi connectivity index (χ0) is 16.8. The number of pyridine rings is 1. The van der Waals surface area contributed by atoms with Crippen molar-refractivity contribution in [2.75, 3.05) is 19.0 Å². The van der Waals surface area contributed by atoms with Gasteiger partial charge >= 0.3 is 0 Å². The normalized spacial score (nSPS) is 11.8. The van der Waals surface area contributed by atoms with Crippen molar-refractivity contribution in [2.24, 2.45) is 0 Å². The van der Waals surface area contributed by atoms with Crippen LogP contribution < -0.4 is 10.1 Å². The van der Waals surface area contributed by atoms with E-state index in [0.29, 0.717) is 17.8 Å². The maximum atomic E-state index is 13.7. The fourth-order valence-corrected chi connectivity index (χ4v) is 2.17. The Morgan fingerprint density at radius 1 is 1.39 bits per heavy atom. The Hall–Kier alpha value is -2.47. The van der Waals surface area contributed by atoms with Gasteiger partial charge in [-0.1, -0.05) is 6.07 Å². The minimum absolute atomic E-state index is 0.0267. The topological polar surface area (TPSA) is 71.5 Å². The molecule has 0 fully saturated rings. The number of carbonyl (C=O) groups excluding carboxylic acids is 1. The van der Waals surface area contributed by atoms with E-state index in [-0.39, 0.29) is 18.3 Å². The van der Waals surface area contributed by atoms with Crippen LogP contribution in [0.3, 0.4) is 0 Å². The van der Waals surface area contributed by atoms with Crippen LogP contribution in [0.2, 0.25) is 0 Å². The van der Waals surface area contributed by atoms with Crippen LogP contribution in [0.4, 0.5) is 10.2 Å². The zero-order valence-electron chi connectivity index (χ0n) is 13.0. The molecule has 1 unspecified atom stereocenters. The Morgan fingerprint density at radius 3 is 2.83 bits per heavy atom. The third-order valence-corrected chi connectivity index (χ3v) is 3.55. The van der Waals surface area contributed by atoms with Crippen LogP contribution in [-0.2, 0) is 11.2 Å². The van der Waals surface area contributed by atoms with Crippen LogP contribution >= 0.6 is 0 Å². The molecular formula is C17H19FN2O3. The second-order valence-electron chi connectivity index (χ2n) is 5.13. The molecule has 0 bridgehead atoms. The number of amides is 1. The quantitative estimate of drug-likeness (QED) is 0.858. The third kappa shape index (κ3) is 4.26. The molecule has 2 aromatic rings. The lowest BCUT2D eigenvalue weighted by atomic mass is 10.00. The van der Waals surface area contributed by atoms with Gasteiger partial charge in [-0.05, 0) is 48.7 Å². The Labute approximate surface area is 134 Å².